The van der Waals surface area contributed by atoms with E-state index in [4.69, 9.17) is 4.42 Å². The van der Waals surface area contributed by atoms with Gasteiger partial charge in [-0.2, -0.15) is 0 Å². The number of nitrogens with zero attached hydrogens (tertiary/aromatic N) is 3. The zero-order chi connectivity index (χ0) is 12.5. The van der Waals surface area contributed by atoms with Gasteiger partial charge in [-0.15, -0.1) is 10.2 Å². The molecule has 0 fully saturated rings. The van der Waals surface area contributed by atoms with Crippen molar-refractivity contribution < 1.29 is 4.42 Å². The van der Waals surface area contributed by atoms with Crippen molar-refractivity contribution in [2.45, 2.75) is 0 Å². The fraction of sp³-hybridized carbons (Fsp3) is 0. The first-order valence-electron chi connectivity index (χ1n) is 5.02. The van der Waals surface area contributed by atoms with Crippen LogP contribution in [-0.4, -0.2) is 20.2 Å². The maximum absolute atomic E-state index is 5.60. The second kappa shape index (κ2) is 4.66. The zero-order valence-electron chi connectivity index (χ0n) is 8.89. The summed E-state index contributed by atoms with van der Waals surface area (Å²) in [6, 6.07) is 5.50. The molecule has 1 N–H and O–H groups in total. The first-order valence-corrected chi connectivity index (χ1v) is 6.61. The number of pyridine rings is 1. The average molecular weight is 370 g/mol. The van der Waals surface area contributed by atoms with Crippen molar-refractivity contribution in [1.82, 2.24) is 20.2 Å². The molecule has 3 heterocycles. The van der Waals surface area contributed by atoms with Gasteiger partial charge in [-0.3, -0.25) is 4.98 Å². The van der Waals surface area contributed by atoms with Crippen LogP contribution in [0.15, 0.2) is 44.1 Å². The normalized spacial score (nSPS) is 10.8. The van der Waals surface area contributed by atoms with Crippen LogP contribution in [0.2, 0.25) is 0 Å². The van der Waals surface area contributed by atoms with Crippen molar-refractivity contribution in [1.29, 1.82) is 0 Å². The maximum Gasteiger partial charge on any atom is 0.264 e. The fourth-order valence-corrected chi connectivity index (χ4v) is 2.12. The Morgan fingerprint density at radius 3 is 2.44 bits per heavy atom. The molecule has 0 aromatic carbocycles. The minimum absolute atomic E-state index is 0.438. The monoisotopic (exact) mass is 368 g/mol. The second-order valence-electron chi connectivity index (χ2n) is 3.49. The first kappa shape index (κ1) is 11.6. The third-order valence-electron chi connectivity index (χ3n) is 2.31. The van der Waals surface area contributed by atoms with E-state index in [0.29, 0.717) is 11.8 Å². The Labute approximate surface area is 119 Å². The smallest absolute Gasteiger partial charge is 0.264 e. The lowest BCUT2D eigenvalue weighted by atomic mass is 10.3. The minimum Gasteiger partial charge on any atom is -0.415 e. The highest BCUT2D eigenvalue weighted by molar-refractivity contribution is 9.13. The summed E-state index contributed by atoms with van der Waals surface area (Å²) in [6.45, 7) is 0. The first-order chi connectivity index (χ1) is 8.74. The quantitative estimate of drug-likeness (QED) is 0.748. The lowest BCUT2D eigenvalue weighted by Crippen LogP contribution is -1.77. The molecule has 5 nitrogen and oxygen atoms in total. The lowest BCUT2D eigenvalue weighted by Gasteiger charge is -1.91. The number of aromatic amines is 1. The van der Waals surface area contributed by atoms with Crippen LogP contribution >= 0.6 is 31.9 Å². The van der Waals surface area contributed by atoms with E-state index in [9.17, 15) is 0 Å². The van der Waals surface area contributed by atoms with Crippen LogP contribution in [0.4, 0.5) is 0 Å². The summed E-state index contributed by atoms with van der Waals surface area (Å²) in [5.41, 5.74) is 1.59. The topological polar surface area (TPSA) is 67.6 Å². The highest BCUT2D eigenvalue weighted by Gasteiger charge is 2.13. The molecular formula is C11H6Br2N4O. The van der Waals surface area contributed by atoms with Gasteiger partial charge >= 0.3 is 0 Å². The molecule has 0 radical (unpaired) electrons. The molecule has 3 aromatic rings. The molecule has 0 atom stereocenters. The van der Waals surface area contributed by atoms with E-state index in [0.717, 1.165) is 20.3 Å². The molecule has 0 aliphatic rings. The van der Waals surface area contributed by atoms with E-state index in [1.165, 1.54) is 0 Å². The van der Waals surface area contributed by atoms with E-state index in [2.05, 4.69) is 52.0 Å². The third-order valence-corrected chi connectivity index (χ3v) is 4.09. The van der Waals surface area contributed by atoms with Gasteiger partial charge in [-0.25, -0.2) is 0 Å². The van der Waals surface area contributed by atoms with Gasteiger partial charge in [0.1, 0.15) is 5.69 Å². The molecule has 0 aliphatic carbocycles. The minimum atomic E-state index is 0.438. The SMILES string of the molecule is Brc1cc(-c2nnc(-c3ccncc3)o2)[nH]c1Br. The van der Waals surface area contributed by atoms with Crippen LogP contribution in [0.25, 0.3) is 23.0 Å². The predicted octanol–water partition coefficient (Wildman–Crippen LogP) is 3.65. The summed E-state index contributed by atoms with van der Waals surface area (Å²) in [5, 5.41) is 8.01. The van der Waals surface area contributed by atoms with E-state index in [-0.39, 0.29) is 0 Å². The van der Waals surface area contributed by atoms with Crippen molar-refractivity contribution in [2.75, 3.05) is 0 Å². The van der Waals surface area contributed by atoms with Crippen LogP contribution in [0, 0.1) is 0 Å². The lowest BCUT2D eigenvalue weighted by molar-refractivity contribution is 0.582. The van der Waals surface area contributed by atoms with E-state index < -0.39 is 0 Å². The summed E-state index contributed by atoms with van der Waals surface area (Å²) in [5.74, 6) is 0.905. The Hall–Kier alpha value is -1.47. The molecule has 0 amide bonds. The Bertz CT molecular complexity index is 658. The molecule has 0 spiro atoms. The van der Waals surface area contributed by atoms with Crippen LogP contribution in [0.1, 0.15) is 0 Å². The van der Waals surface area contributed by atoms with Gasteiger partial charge in [0.2, 0.25) is 5.89 Å². The van der Waals surface area contributed by atoms with Crippen LogP contribution in [-0.2, 0) is 0 Å². The summed E-state index contributed by atoms with van der Waals surface area (Å²) >= 11 is 6.75. The molecule has 90 valence electrons. The fourth-order valence-electron chi connectivity index (χ4n) is 1.46. The molecular weight excluding hydrogens is 364 g/mol. The number of H-pyrrole nitrogens is 1. The molecule has 3 rings (SSSR count). The molecule has 0 unspecified atom stereocenters. The summed E-state index contributed by atoms with van der Waals surface area (Å²) in [6.07, 6.45) is 3.36. The average Bonchev–Trinajstić information content (AvgIpc) is 2.99. The number of halogens is 2. The predicted molar refractivity (Wildman–Crippen MR) is 72.7 cm³/mol. The van der Waals surface area contributed by atoms with Crippen molar-refractivity contribution in [3.05, 3.63) is 39.7 Å². The van der Waals surface area contributed by atoms with Gasteiger partial charge in [-0.1, -0.05) is 0 Å². The highest BCUT2D eigenvalue weighted by atomic mass is 79.9. The van der Waals surface area contributed by atoms with Gasteiger partial charge in [0, 0.05) is 18.0 Å². The number of hydrogen-bond donors (Lipinski definition) is 1. The number of nitrogens with one attached hydrogen (secondary N) is 1. The van der Waals surface area contributed by atoms with Gasteiger partial charge in [0.25, 0.3) is 5.89 Å². The Morgan fingerprint density at radius 1 is 1.06 bits per heavy atom. The van der Waals surface area contributed by atoms with Crippen molar-refractivity contribution in [3.8, 4) is 23.0 Å². The van der Waals surface area contributed by atoms with Crippen molar-refractivity contribution in [2.24, 2.45) is 0 Å². The molecule has 18 heavy (non-hydrogen) atoms. The zero-order valence-corrected chi connectivity index (χ0v) is 12.1. The summed E-state index contributed by atoms with van der Waals surface area (Å²) in [4.78, 5) is 7.03. The van der Waals surface area contributed by atoms with E-state index in [1.807, 2.05) is 18.2 Å². The Morgan fingerprint density at radius 2 is 1.78 bits per heavy atom. The molecule has 0 bridgehead atoms. The largest absolute Gasteiger partial charge is 0.415 e. The van der Waals surface area contributed by atoms with Gasteiger partial charge in [0.05, 0.1) is 9.08 Å². The van der Waals surface area contributed by atoms with Crippen LogP contribution in [0.3, 0.4) is 0 Å². The van der Waals surface area contributed by atoms with Gasteiger partial charge in [0.15, 0.2) is 0 Å². The Kier molecular flexibility index (Phi) is 3.00. The maximum atomic E-state index is 5.60. The standard InChI is InChI=1S/C11H6Br2N4O/c12-7-5-8(15-9(7)13)11-17-16-10(18-11)6-1-3-14-4-2-6/h1-5,15H. The molecule has 3 aromatic heterocycles. The summed E-state index contributed by atoms with van der Waals surface area (Å²) in [7, 11) is 0. The summed E-state index contributed by atoms with van der Waals surface area (Å²) < 4.78 is 7.34. The third kappa shape index (κ3) is 2.11. The number of hydrogen-bond acceptors (Lipinski definition) is 4. The second-order valence-corrected chi connectivity index (χ2v) is 5.14. The molecule has 7 heteroatoms. The van der Waals surface area contributed by atoms with Crippen molar-refractivity contribution in [3.63, 3.8) is 0 Å². The van der Waals surface area contributed by atoms with E-state index >= 15 is 0 Å². The van der Waals surface area contributed by atoms with E-state index in [1.54, 1.807) is 12.4 Å². The molecule has 0 aliphatic heterocycles. The molecule has 0 saturated carbocycles. The Balaban J connectivity index is 1.99. The number of aromatic nitrogens is 4. The van der Waals surface area contributed by atoms with Gasteiger partial charge < -0.3 is 9.40 Å². The van der Waals surface area contributed by atoms with Gasteiger partial charge in [-0.05, 0) is 50.1 Å². The van der Waals surface area contributed by atoms with Crippen molar-refractivity contribution >= 4 is 31.9 Å². The van der Waals surface area contributed by atoms with Crippen LogP contribution < -0.4 is 0 Å². The number of rotatable bonds is 2. The molecule has 0 saturated heterocycles. The highest BCUT2D eigenvalue weighted by Crippen LogP contribution is 2.29. The van der Waals surface area contributed by atoms with Crippen LogP contribution in [0.5, 0.6) is 0 Å².